The van der Waals surface area contributed by atoms with Crippen LogP contribution in [0.15, 0.2) is 66.7 Å². The fourth-order valence-corrected chi connectivity index (χ4v) is 5.43. The van der Waals surface area contributed by atoms with Crippen LogP contribution in [0.1, 0.15) is 52.2 Å². The van der Waals surface area contributed by atoms with Crippen molar-refractivity contribution in [1.82, 2.24) is 19.4 Å². The van der Waals surface area contributed by atoms with Crippen LogP contribution in [0.4, 0.5) is 0 Å². The van der Waals surface area contributed by atoms with E-state index in [0.29, 0.717) is 38.2 Å². The lowest BCUT2D eigenvalue weighted by Crippen LogP contribution is -2.38. The number of piperidine rings is 1. The van der Waals surface area contributed by atoms with Crippen molar-refractivity contribution in [2.24, 2.45) is 0 Å². The molecule has 0 amide bonds. The summed E-state index contributed by atoms with van der Waals surface area (Å²) < 4.78 is 14.1. The van der Waals surface area contributed by atoms with Crippen LogP contribution in [0.5, 0.6) is 5.88 Å². The maximum atomic E-state index is 11.5. The van der Waals surface area contributed by atoms with Crippen LogP contribution in [-0.4, -0.2) is 56.8 Å². The van der Waals surface area contributed by atoms with Crippen LogP contribution in [0.2, 0.25) is 0 Å². The first-order valence-electron chi connectivity index (χ1n) is 12.8. The first-order chi connectivity index (χ1) is 18.2. The predicted molar refractivity (Wildman–Crippen MR) is 139 cm³/mol. The van der Waals surface area contributed by atoms with Gasteiger partial charge in [-0.05, 0) is 55.8 Å². The molecule has 2 aromatic heterocycles. The number of aromatic carboxylic acids is 1. The van der Waals surface area contributed by atoms with Crippen molar-refractivity contribution >= 4 is 17.0 Å². The second-order valence-electron chi connectivity index (χ2n) is 9.71. The molecule has 6 rings (SSSR count). The van der Waals surface area contributed by atoms with E-state index in [-0.39, 0.29) is 11.6 Å². The molecule has 0 aliphatic carbocycles. The van der Waals surface area contributed by atoms with E-state index >= 15 is 0 Å². The molecule has 0 spiro atoms. The number of pyridine rings is 1. The molecule has 2 aromatic carbocycles. The molecule has 0 bridgehead atoms. The third-order valence-electron chi connectivity index (χ3n) is 7.42. The summed E-state index contributed by atoms with van der Waals surface area (Å²) in [6.45, 7) is 4.18. The number of fused-ring (bicyclic) bond motifs is 3. The van der Waals surface area contributed by atoms with Gasteiger partial charge in [-0.2, -0.15) is 0 Å². The number of rotatable bonds is 6. The number of carboxylic acids is 1. The van der Waals surface area contributed by atoms with Crippen molar-refractivity contribution < 1.29 is 19.4 Å². The highest BCUT2D eigenvalue weighted by Gasteiger charge is 2.32. The molecular weight excluding hydrogens is 468 g/mol. The molecule has 2 aliphatic rings. The molecule has 8 heteroatoms. The van der Waals surface area contributed by atoms with Gasteiger partial charge in [0.2, 0.25) is 5.88 Å². The Bertz CT molecular complexity index is 1400. The second kappa shape index (κ2) is 10.3. The lowest BCUT2D eigenvalue weighted by Gasteiger charge is -2.36. The van der Waals surface area contributed by atoms with Crippen molar-refractivity contribution in [2.45, 2.75) is 38.0 Å². The van der Waals surface area contributed by atoms with Crippen LogP contribution in [0.3, 0.4) is 0 Å². The minimum Gasteiger partial charge on any atom is -0.478 e. The second-order valence-corrected chi connectivity index (χ2v) is 9.71. The van der Waals surface area contributed by atoms with Gasteiger partial charge in [0, 0.05) is 24.2 Å². The van der Waals surface area contributed by atoms with Crippen molar-refractivity contribution in [2.75, 3.05) is 26.3 Å². The van der Waals surface area contributed by atoms with Gasteiger partial charge in [0.1, 0.15) is 12.4 Å². The van der Waals surface area contributed by atoms with Gasteiger partial charge >= 0.3 is 5.97 Å². The van der Waals surface area contributed by atoms with E-state index in [0.717, 1.165) is 54.0 Å². The molecule has 1 fully saturated rings. The van der Waals surface area contributed by atoms with E-state index in [1.807, 2.05) is 36.4 Å². The van der Waals surface area contributed by atoms with Gasteiger partial charge in [0.25, 0.3) is 0 Å². The molecule has 2 aliphatic heterocycles. The van der Waals surface area contributed by atoms with Gasteiger partial charge in [-0.1, -0.05) is 36.4 Å². The average molecular weight is 499 g/mol. The summed E-state index contributed by atoms with van der Waals surface area (Å²) in [5.74, 6) is 1.07. The first kappa shape index (κ1) is 23.6. The Labute approximate surface area is 215 Å². The van der Waals surface area contributed by atoms with Crippen LogP contribution < -0.4 is 4.74 Å². The first-order valence-corrected chi connectivity index (χ1v) is 12.8. The van der Waals surface area contributed by atoms with Gasteiger partial charge in [0.05, 0.1) is 35.9 Å². The van der Waals surface area contributed by atoms with E-state index in [1.165, 1.54) is 0 Å². The standard InChI is InChI=1S/C29H30N4O4/c34-29(35)22-9-10-24-25(17-22)33-15-16-36-19-26(28(33)31-24)32-13-11-21(12-14-32)23-7-4-8-27(30-23)37-18-20-5-2-1-3-6-20/h1-10,17,21,26H,11-16,18-19H2,(H,34,35)/t26-/m1/s1. The maximum Gasteiger partial charge on any atom is 0.335 e. The van der Waals surface area contributed by atoms with Crippen molar-refractivity contribution in [3.05, 3.63) is 89.4 Å². The highest BCUT2D eigenvalue weighted by atomic mass is 16.5. The summed E-state index contributed by atoms with van der Waals surface area (Å²) in [7, 11) is 0. The SMILES string of the molecule is O=C(O)c1ccc2nc3n(c2c1)CCOC[C@H]3N1CCC(c2cccc(OCc3ccccc3)n2)CC1. The fraction of sp³-hybridized carbons (Fsp3) is 0.345. The summed E-state index contributed by atoms with van der Waals surface area (Å²) >= 11 is 0. The van der Waals surface area contributed by atoms with E-state index in [2.05, 4.69) is 27.7 Å². The number of nitrogens with zero attached hydrogens (tertiary/aromatic N) is 4. The zero-order chi connectivity index (χ0) is 25.2. The average Bonchev–Trinajstić information content (AvgIpc) is 3.17. The highest BCUT2D eigenvalue weighted by molar-refractivity contribution is 5.92. The molecule has 0 saturated carbocycles. The Morgan fingerprint density at radius 3 is 2.65 bits per heavy atom. The number of hydrogen-bond acceptors (Lipinski definition) is 6. The number of aromatic nitrogens is 3. The molecule has 4 heterocycles. The summed E-state index contributed by atoms with van der Waals surface area (Å²) in [5, 5.41) is 9.44. The largest absolute Gasteiger partial charge is 0.478 e. The number of imidazole rings is 1. The monoisotopic (exact) mass is 498 g/mol. The Balaban J connectivity index is 1.15. The minimum absolute atomic E-state index is 0.0395. The van der Waals surface area contributed by atoms with Crippen LogP contribution in [0, 0.1) is 0 Å². The lowest BCUT2D eigenvalue weighted by molar-refractivity contribution is 0.0529. The van der Waals surface area contributed by atoms with Gasteiger partial charge in [-0.25, -0.2) is 14.8 Å². The zero-order valence-corrected chi connectivity index (χ0v) is 20.6. The van der Waals surface area contributed by atoms with Gasteiger partial charge in [-0.15, -0.1) is 0 Å². The fourth-order valence-electron chi connectivity index (χ4n) is 5.43. The zero-order valence-electron chi connectivity index (χ0n) is 20.6. The third-order valence-corrected chi connectivity index (χ3v) is 7.42. The van der Waals surface area contributed by atoms with Gasteiger partial charge in [-0.3, -0.25) is 4.90 Å². The highest BCUT2D eigenvalue weighted by Crippen LogP contribution is 2.34. The number of hydrogen-bond donors (Lipinski definition) is 1. The third kappa shape index (κ3) is 4.95. The Morgan fingerprint density at radius 1 is 1.00 bits per heavy atom. The van der Waals surface area contributed by atoms with Crippen molar-refractivity contribution in [3.63, 3.8) is 0 Å². The summed E-state index contributed by atoms with van der Waals surface area (Å²) in [4.78, 5) is 23.7. The molecule has 1 saturated heterocycles. The van der Waals surface area contributed by atoms with Gasteiger partial charge in [0.15, 0.2) is 0 Å². The molecule has 0 radical (unpaired) electrons. The number of carbonyl (C=O) groups is 1. The molecule has 8 nitrogen and oxygen atoms in total. The van der Waals surface area contributed by atoms with Crippen LogP contribution in [-0.2, 0) is 17.9 Å². The molecule has 37 heavy (non-hydrogen) atoms. The number of likely N-dealkylation sites (tertiary alicyclic amines) is 1. The number of ether oxygens (including phenoxy) is 2. The molecular formula is C29H30N4O4. The molecule has 1 atom stereocenters. The van der Waals surface area contributed by atoms with E-state index in [9.17, 15) is 9.90 Å². The van der Waals surface area contributed by atoms with Crippen molar-refractivity contribution in [3.8, 4) is 5.88 Å². The lowest BCUT2D eigenvalue weighted by atomic mass is 9.92. The Kier molecular flexibility index (Phi) is 6.59. The van der Waals surface area contributed by atoms with E-state index in [4.69, 9.17) is 19.4 Å². The quantitative estimate of drug-likeness (QED) is 0.414. The normalized spacial score (nSPS) is 18.9. The molecule has 0 unspecified atom stereocenters. The summed E-state index contributed by atoms with van der Waals surface area (Å²) in [5.41, 5.74) is 4.17. The van der Waals surface area contributed by atoms with Gasteiger partial charge < -0.3 is 19.1 Å². The molecule has 1 N–H and O–H groups in total. The Hall–Kier alpha value is -3.75. The van der Waals surface area contributed by atoms with Crippen molar-refractivity contribution in [1.29, 1.82) is 0 Å². The summed E-state index contributed by atoms with van der Waals surface area (Å²) in [6.07, 6.45) is 1.99. The van der Waals surface area contributed by atoms with E-state index in [1.54, 1.807) is 12.1 Å². The smallest absolute Gasteiger partial charge is 0.335 e. The number of benzene rings is 2. The van der Waals surface area contributed by atoms with Crippen LogP contribution in [0.25, 0.3) is 11.0 Å². The van der Waals surface area contributed by atoms with Crippen LogP contribution >= 0.6 is 0 Å². The predicted octanol–water partition coefficient (Wildman–Crippen LogP) is 4.66. The van der Waals surface area contributed by atoms with E-state index < -0.39 is 5.97 Å². The topological polar surface area (TPSA) is 89.7 Å². The molecule has 4 aromatic rings. The maximum absolute atomic E-state index is 11.5. The summed E-state index contributed by atoms with van der Waals surface area (Å²) in [6, 6.07) is 21.4. The minimum atomic E-state index is -0.927. The number of carboxylic acid groups (broad SMARTS) is 1. The molecule has 190 valence electrons. The Morgan fingerprint density at radius 2 is 1.84 bits per heavy atom.